The molecule has 1 rings (SSSR count). The molecule has 3 unspecified atom stereocenters. The molecular formula is C12H24N4O. The summed E-state index contributed by atoms with van der Waals surface area (Å²) in [7, 11) is 5.71. The van der Waals surface area contributed by atoms with Gasteiger partial charge in [0, 0.05) is 38.0 Å². The highest BCUT2D eigenvalue weighted by atomic mass is 16.5. The Morgan fingerprint density at radius 2 is 2.18 bits per heavy atom. The van der Waals surface area contributed by atoms with Crippen LogP contribution in [0.5, 0.6) is 0 Å². The Bertz CT molecular complexity index is 337. The molecule has 1 aromatic rings. The van der Waals surface area contributed by atoms with Crippen LogP contribution >= 0.6 is 0 Å². The van der Waals surface area contributed by atoms with Gasteiger partial charge in [-0.2, -0.15) is 5.10 Å². The molecule has 5 nitrogen and oxygen atoms in total. The summed E-state index contributed by atoms with van der Waals surface area (Å²) in [5, 5.41) is 4.21. The van der Waals surface area contributed by atoms with E-state index in [0.717, 1.165) is 5.56 Å². The minimum absolute atomic E-state index is 0.0449. The molecule has 2 N–H and O–H groups in total. The molecule has 0 saturated heterocycles. The fraction of sp³-hybridized carbons (Fsp3) is 0.750. The predicted molar refractivity (Wildman–Crippen MR) is 68.7 cm³/mol. The summed E-state index contributed by atoms with van der Waals surface area (Å²) in [6.45, 7) is 4.85. The molecule has 0 aliphatic rings. The molecule has 17 heavy (non-hydrogen) atoms. The topological polar surface area (TPSA) is 56.3 Å². The third kappa shape index (κ3) is 3.52. The van der Waals surface area contributed by atoms with E-state index in [4.69, 9.17) is 10.5 Å². The maximum absolute atomic E-state index is 6.09. The lowest BCUT2D eigenvalue weighted by molar-refractivity contribution is 0.0819. The van der Waals surface area contributed by atoms with Crippen molar-refractivity contribution in [2.75, 3.05) is 20.8 Å². The van der Waals surface area contributed by atoms with Gasteiger partial charge in [-0.05, 0) is 20.9 Å². The van der Waals surface area contributed by atoms with Crippen molar-refractivity contribution in [2.45, 2.75) is 32.0 Å². The number of likely N-dealkylation sites (N-methyl/N-ethyl adjacent to an activating group) is 1. The lowest BCUT2D eigenvalue weighted by atomic mass is 10.0. The maximum atomic E-state index is 6.09. The lowest BCUT2D eigenvalue weighted by Gasteiger charge is -2.34. The van der Waals surface area contributed by atoms with E-state index in [-0.39, 0.29) is 12.1 Å². The van der Waals surface area contributed by atoms with Crippen LogP contribution in [0.15, 0.2) is 12.4 Å². The van der Waals surface area contributed by atoms with Crippen LogP contribution in [0.1, 0.15) is 25.5 Å². The molecule has 1 aromatic heterocycles. The number of hydrogen-bond donors (Lipinski definition) is 1. The number of aromatic nitrogens is 2. The molecule has 3 atom stereocenters. The molecule has 0 radical (unpaired) electrons. The van der Waals surface area contributed by atoms with Gasteiger partial charge in [0.15, 0.2) is 0 Å². The normalized spacial score (nSPS) is 17.1. The fourth-order valence-corrected chi connectivity index (χ4v) is 2.14. The third-order valence-electron chi connectivity index (χ3n) is 3.11. The summed E-state index contributed by atoms with van der Waals surface area (Å²) in [5.41, 5.74) is 7.24. The number of hydrogen-bond acceptors (Lipinski definition) is 4. The molecule has 0 fully saturated rings. The Kier molecular flexibility index (Phi) is 5.11. The zero-order valence-corrected chi connectivity index (χ0v) is 11.4. The van der Waals surface area contributed by atoms with Gasteiger partial charge in [-0.3, -0.25) is 9.58 Å². The van der Waals surface area contributed by atoms with Gasteiger partial charge >= 0.3 is 0 Å². The zero-order valence-electron chi connectivity index (χ0n) is 11.4. The molecule has 0 aromatic carbocycles. The molecule has 0 saturated carbocycles. The van der Waals surface area contributed by atoms with Crippen molar-refractivity contribution in [1.29, 1.82) is 0 Å². The highest BCUT2D eigenvalue weighted by Gasteiger charge is 2.25. The first-order valence-corrected chi connectivity index (χ1v) is 5.92. The Morgan fingerprint density at radius 1 is 1.53 bits per heavy atom. The van der Waals surface area contributed by atoms with Crippen molar-refractivity contribution < 1.29 is 4.74 Å². The van der Waals surface area contributed by atoms with Crippen molar-refractivity contribution in [3.63, 3.8) is 0 Å². The summed E-state index contributed by atoms with van der Waals surface area (Å²) >= 11 is 0. The molecule has 0 aliphatic heterocycles. The fourth-order valence-electron chi connectivity index (χ4n) is 2.14. The van der Waals surface area contributed by atoms with Gasteiger partial charge in [0.25, 0.3) is 0 Å². The molecule has 5 heteroatoms. The van der Waals surface area contributed by atoms with E-state index < -0.39 is 0 Å². The lowest BCUT2D eigenvalue weighted by Crippen LogP contribution is -2.43. The highest BCUT2D eigenvalue weighted by Crippen LogP contribution is 2.23. The quantitative estimate of drug-likeness (QED) is 0.798. The van der Waals surface area contributed by atoms with Gasteiger partial charge in [-0.25, -0.2) is 0 Å². The van der Waals surface area contributed by atoms with Crippen molar-refractivity contribution >= 4 is 0 Å². The first-order chi connectivity index (χ1) is 7.97. The van der Waals surface area contributed by atoms with Crippen LogP contribution in [0, 0.1) is 0 Å². The second kappa shape index (κ2) is 6.14. The van der Waals surface area contributed by atoms with Gasteiger partial charge in [0.2, 0.25) is 0 Å². The standard InChI is InChI=1S/C12H24N4O/c1-9(8-17-5)16(4)12(10(2)13)11-6-14-15(3)7-11/h6-7,9-10,12H,8,13H2,1-5H3. The highest BCUT2D eigenvalue weighted by molar-refractivity contribution is 5.13. The van der Waals surface area contributed by atoms with E-state index in [1.54, 1.807) is 11.8 Å². The van der Waals surface area contributed by atoms with Crippen LogP contribution in [0.4, 0.5) is 0 Å². The second-order valence-corrected chi connectivity index (χ2v) is 4.72. The Morgan fingerprint density at radius 3 is 2.59 bits per heavy atom. The second-order valence-electron chi connectivity index (χ2n) is 4.72. The third-order valence-corrected chi connectivity index (χ3v) is 3.11. The van der Waals surface area contributed by atoms with E-state index in [1.807, 2.05) is 26.4 Å². The summed E-state index contributed by atoms with van der Waals surface area (Å²) in [6, 6.07) is 0.522. The SMILES string of the molecule is COCC(C)N(C)C(c1cnn(C)c1)C(C)N. The molecule has 0 aliphatic carbocycles. The predicted octanol–water partition coefficient (Wildman–Crippen LogP) is 0.775. The van der Waals surface area contributed by atoms with Crippen LogP contribution in [0.2, 0.25) is 0 Å². The average molecular weight is 240 g/mol. The number of nitrogens with zero attached hydrogens (tertiary/aromatic N) is 3. The minimum atomic E-state index is 0.0449. The first-order valence-electron chi connectivity index (χ1n) is 5.92. The molecule has 0 bridgehead atoms. The van der Waals surface area contributed by atoms with Crippen molar-refractivity contribution in [3.8, 4) is 0 Å². The van der Waals surface area contributed by atoms with Crippen molar-refractivity contribution in [3.05, 3.63) is 18.0 Å². The van der Waals surface area contributed by atoms with Crippen LogP contribution in [-0.4, -0.2) is 47.5 Å². The van der Waals surface area contributed by atoms with E-state index in [1.165, 1.54) is 0 Å². The zero-order chi connectivity index (χ0) is 13.0. The molecule has 0 spiro atoms. The number of nitrogens with two attached hydrogens (primary N) is 1. The smallest absolute Gasteiger partial charge is 0.0615 e. The van der Waals surface area contributed by atoms with Gasteiger partial charge < -0.3 is 10.5 Å². The summed E-state index contributed by atoms with van der Waals surface area (Å²) in [6.07, 6.45) is 3.90. The molecular weight excluding hydrogens is 216 g/mol. The Hall–Kier alpha value is -0.910. The average Bonchev–Trinajstić information content (AvgIpc) is 2.64. The number of aryl methyl sites for hydroxylation is 1. The summed E-state index contributed by atoms with van der Waals surface area (Å²) < 4.78 is 7.00. The Labute approximate surface area is 104 Å². The van der Waals surface area contributed by atoms with Crippen LogP contribution in [0.25, 0.3) is 0 Å². The van der Waals surface area contributed by atoms with Crippen molar-refractivity contribution in [2.24, 2.45) is 12.8 Å². The molecule has 1 heterocycles. The Balaban J connectivity index is 2.86. The van der Waals surface area contributed by atoms with Gasteiger partial charge in [-0.1, -0.05) is 0 Å². The summed E-state index contributed by atoms with van der Waals surface area (Å²) in [4.78, 5) is 2.24. The first kappa shape index (κ1) is 14.2. The van der Waals surface area contributed by atoms with E-state index in [0.29, 0.717) is 12.6 Å². The number of methoxy groups -OCH3 is 1. The molecule has 98 valence electrons. The number of ether oxygens (including phenoxy) is 1. The van der Waals surface area contributed by atoms with Crippen LogP contribution in [-0.2, 0) is 11.8 Å². The minimum Gasteiger partial charge on any atom is -0.383 e. The van der Waals surface area contributed by atoms with E-state index in [9.17, 15) is 0 Å². The van der Waals surface area contributed by atoms with E-state index in [2.05, 4.69) is 24.0 Å². The maximum Gasteiger partial charge on any atom is 0.0615 e. The monoisotopic (exact) mass is 240 g/mol. The number of rotatable bonds is 6. The van der Waals surface area contributed by atoms with Crippen LogP contribution < -0.4 is 5.73 Å². The largest absolute Gasteiger partial charge is 0.383 e. The van der Waals surface area contributed by atoms with Gasteiger partial charge in [-0.15, -0.1) is 0 Å². The molecule has 0 amide bonds. The van der Waals surface area contributed by atoms with Crippen molar-refractivity contribution in [1.82, 2.24) is 14.7 Å². The van der Waals surface area contributed by atoms with E-state index >= 15 is 0 Å². The van der Waals surface area contributed by atoms with Gasteiger partial charge in [0.1, 0.15) is 0 Å². The van der Waals surface area contributed by atoms with Crippen LogP contribution in [0.3, 0.4) is 0 Å². The summed E-state index contributed by atoms with van der Waals surface area (Å²) in [5.74, 6) is 0. The van der Waals surface area contributed by atoms with Gasteiger partial charge in [0.05, 0.1) is 18.8 Å².